The number of rotatable bonds is 5. The minimum Gasteiger partial charge on any atom is -0.293 e. The Balaban J connectivity index is 3.02. The first-order valence-corrected chi connectivity index (χ1v) is 7.90. The van der Waals surface area contributed by atoms with E-state index in [2.05, 4.69) is 22.5 Å². The molecule has 0 aliphatic carbocycles. The van der Waals surface area contributed by atoms with Crippen molar-refractivity contribution in [1.82, 2.24) is 0 Å². The lowest BCUT2D eigenvalue weighted by Crippen LogP contribution is -2.21. The number of benzene rings is 1. The zero-order valence-electron chi connectivity index (χ0n) is 10.4. The molecule has 0 aromatic heterocycles. The van der Waals surface area contributed by atoms with Gasteiger partial charge in [0.25, 0.3) is 0 Å². The van der Waals surface area contributed by atoms with Crippen LogP contribution in [0.25, 0.3) is 0 Å². The Morgan fingerprint density at radius 2 is 2.22 bits per heavy atom. The van der Waals surface area contributed by atoms with Gasteiger partial charge in [-0.15, -0.1) is 18.3 Å². The topological polar surface area (TPSA) is 17.1 Å². The molecule has 96 valence electrons. The van der Waals surface area contributed by atoms with Gasteiger partial charge >= 0.3 is 0 Å². The van der Waals surface area contributed by atoms with Crippen LogP contribution in [0.2, 0.25) is 0 Å². The van der Waals surface area contributed by atoms with Gasteiger partial charge in [0, 0.05) is 10.0 Å². The minimum absolute atomic E-state index is 0.0682. The summed E-state index contributed by atoms with van der Waals surface area (Å²) in [4.78, 5) is 12.5. The summed E-state index contributed by atoms with van der Waals surface area (Å²) in [6, 6.07) is 7.41. The SMILES string of the molecule is C=C(C)CC(C(=O)c1cccc(Br)c1)C(=S)SC. The van der Waals surface area contributed by atoms with Gasteiger partial charge in [-0.25, -0.2) is 0 Å². The summed E-state index contributed by atoms with van der Waals surface area (Å²) in [5, 5.41) is 0. The van der Waals surface area contributed by atoms with E-state index in [1.807, 2.05) is 37.4 Å². The van der Waals surface area contributed by atoms with Crippen LogP contribution in [0.3, 0.4) is 0 Å². The van der Waals surface area contributed by atoms with Crippen LogP contribution < -0.4 is 0 Å². The Bertz CT molecular complexity index is 482. The summed E-state index contributed by atoms with van der Waals surface area (Å²) in [6.07, 6.45) is 2.52. The molecule has 1 atom stereocenters. The van der Waals surface area contributed by atoms with Crippen LogP contribution in [0.5, 0.6) is 0 Å². The first-order chi connectivity index (χ1) is 8.45. The molecular formula is C14H15BrOS2. The third-order valence-electron chi connectivity index (χ3n) is 2.46. The number of carbonyl (C=O) groups is 1. The number of halogens is 1. The molecule has 1 unspecified atom stereocenters. The predicted octanol–water partition coefficient (Wildman–Crippen LogP) is 4.90. The number of allylic oxidation sites excluding steroid dienone is 1. The zero-order valence-corrected chi connectivity index (χ0v) is 13.6. The van der Waals surface area contributed by atoms with E-state index in [-0.39, 0.29) is 11.7 Å². The van der Waals surface area contributed by atoms with E-state index in [1.54, 1.807) is 0 Å². The fraction of sp³-hybridized carbons (Fsp3) is 0.286. The number of ketones is 1. The summed E-state index contributed by atoms with van der Waals surface area (Å²) < 4.78 is 1.63. The van der Waals surface area contributed by atoms with E-state index in [0.717, 1.165) is 14.2 Å². The zero-order chi connectivity index (χ0) is 13.7. The molecule has 0 amide bonds. The van der Waals surface area contributed by atoms with Gasteiger partial charge in [-0.1, -0.05) is 45.9 Å². The maximum Gasteiger partial charge on any atom is 0.172 e. The van der Waals surface area contributed by atoms with Gasteiger partial charge in [-0.05, 0) is 31.7 Å². The van der Waals surface area contributed by atoms with Crippen molar-refractivity contribution >= 4 is 49.9 Å². The van der Waals surface area contributed by atoms with Gasteiger partial charge in [0.1, 0.15) is 0 Å². The monoisotopic (exact) mass is 342 g/mol. The van der Waals surface area contributed by atoms with Crippen LogP contribution in [0.15, 0.2) is 40.9 Å². The lowest BCUT2D eigenvalue weighted by atomic mass is 9.93. The molecule has 18 heavy (non-hydrogen) atoms. The van der Waals surface area contributed by atoms with Crippen LogP contribution in [-0.2, 0) is 0 Å². The number of thiocarbonyl (C=S) groups is 1. The molecule has 0 saturated carbocycles. The number of hydrogen-bond acceptors (Lipinski definition) is 3. The van der Waals surface area contributed by atoms with Gasteiger partial charge in [0.2, 0.25) is 0 Å². The van der Waals surface area contributed by atoms with E-state index >= 15 is 0 Å². The van der Waals surface area contributed by atoms with Gasteiger partial charge in [-0.3, -0.25) is 4.79 Å². The predicted molar refractivity (Wildman–Crippen MR) is 87.5 cm³/mol. The van der Waals surface area contributed by atoms with E-state index in [9.17, 15) is 4.79 Å². The number of hydrogen-bond donors (Lipinski definition) is 0. The summed E-state index contributed by atoms with van der Waals surface area (Å²) in [5.74, 6) is -0.194. The van der Waals surface area contributed by atoms with Crippen molar-refractivity contribution in [3.63, 3.8) is 0 Å². The second kappa shape index (κ2) is 7.22. The molecule has 1 aromatic rings. The molecule has 0 fully saturated rings. The normalized spacial score (nSPS) is 11.9. The molecule has 1 aromatic carbocycles. The standard InChI is InChI=1S/C14H15BrOS2/c1-9(2)7-12(14(17)18-3)13(16)10-5-4-6-11(15)8-10/h4-6,8,12H,1,7H2,2-3H3. The van der Waals surface area contributed by atoms with Crippen LogP contribution in [-0.4, -0.2) is 16.2 Å². The summed E-state index contributed by atoms with van der Waals surface area (Å²) in [7, 11) is 0. The molecule has 4 heteroatoms. The Hall–Kier alpha value is -0.450. The molecule has 0 saturated heterocycles. The second-order valence-corrected chi connectivity index (χ2v) is 6.57. The van der Waals surface area contributed by atoms with Crippen LogP contribution >= 0.6 is 39.9 Å². The van der Waals surface area contributed by atoms with Crippen molar-refractivity contribution in [3.05, 3.63) is 46.5 Å². The minimum atomic E-state index is -0.262. The van der Waals surface area contributed by atoms with Crippen molar-refractivity contribution in [3.8, 4) is 0 Å². The van der Waals surface area contributed by atoms with Crippen molar-refractivity contribution in [2.75, 3.05) is 6.26 Å². The Morgan fingerprint density at radius 1 is 1.56 bits per heavy atom. The van der Waals surface area contributed by atoms with Crippen molar-refractivity contribution in [2.45, 2.75) is 13.3 Å². The van der Waals surface area contributed by atoms with Gasteiger partial charge in [0.15, 0.2) is 5.78 Å². The fourth-order valence-corrected chi connectivity index (χ4v) is 2.68. The first-order valence-electron chi connectivity index (χ1n) is 5.47. The van der Waals surface area contributed by atoms with Crippen LogP contribution in [0.4, 0.5) is 0 Å². The fourth-order valence-electron chi connectivity index (χ4n) is 1.62. The number of Topliss-reactive ketones (excluding diaryl/α,β-unsaturated/α-hetero) is 1. The molecule has 1 rings (SSSR count). The lowest BCUT2D eigenvalue weighted by molar-refractivity contribution is 0.0956. The quantitative estimate of drug-likeness (QED) is 0.430. The number of thioether (sulfide) groups is 1. The lowest BCUT2D eigenvalue weighted by Gasteiger charge is -2.16. The van der Waals surface area contributed by atoms with Crippen LogP contribution in [0, 0.1) is 5.92 Å². The van der Waals surface area contributed by atoms with Gasteiger partial charge < -0.3 is 0 Å². The maximum absolute atomic E-state index is 12.5. The summed E-state index contributed by atoms with van der Waals surface area (Å²) in [6.45, 7) is 5.80. The van der Waals surface area contributed by atoms with Crippen molar-refractivity contribution < 1.29 is 4.79 Å². The highest BCUT2D eigenvalue weighted by atomic mass is 79.9. The van der Waals surface area contributed by atoms with Crippen molar-refractivity contribution in [1.29, 1.82) is 0 Å². The molecule has 0 spiro atoms. The van der Waals surface area contributed by atoms with Crippen LogP contribution in [0.1, 0.15) is 23.7 Å². The number of carbonyl (C=O) groups excluding carboxylic acids is 1. The van der Waals surface area contributed by atoms with E-state index in [4.69, 9.17) is 12.2 Å². The highest BCUT2D eigenvalue weighted by molar-refractivity contribution is 9.10. The molecule has 0 heterocycles. The molecular weight excluding hydrogens is 328 g/mol. The summed E-state index contributed by atoms with van der Waals surface area (Å²) in [5.41, 5.74) is 1.66. The third kappa shape index (κ3) is 4.34. The van der Waals surface area contributed by atoms with E-state index in [1.165, 1.54) is 11.8 Å². The van der Waals surface area contributed by atoms with Gasteiger partial charge in [0.05, 0.1) is 10.1 Å². The van der Waals surface area contributed by atoms with Gasteiger partial charge in [-0.2, -0.15) is 0 Å². The molecule has 1 nitrogen and oxygen atoms in total. The second-order valence-electron chi connectivity index (χ2n) is 4.11. The first kappa shape index (κ1) is 15.6. The Morgan fingerprint density at radius 3 is 2.72 bits per heavy atom. The molecule has 0 aliphatic heterocycles. The maximum atomic E-state index is 12.5. The molecule has 0 N–H and O–H groups in total. The average molecular weight is 343 g/mol. The van der Waals surface area contributed by atoms with E-state index in [0.29, 0.717) is 12.0 Å². The largest absolute Gasteiger partial charge is 0.293 e. The molecule has 0 bridgehead atoms. The third-order valence-corrected chi connectivity index (χ3v) is 4.43. The Labute approximate surface area is 126 Å². The van der Waals surface area contributed by atoms with E-state index < -0.39 is 0 Å². The molecule has 0 aliphatic rings. The summed E-state index contributed by atoms with van der Waals surface area (Å²) >= 11 is 10.1. The smallest absolute Gasteiger partial charge is 0.172 e. The highest BCUT2D eigenvalue weighted by Gasteiger charge is 2.24. The highest BCUT2D eigenvalue weighted by Crippen LogP contribution is 2.24. The van der Waals surface area contributed by atoms with Crippen molar-refractivity contribution in [2.24, 2.45) is 5.92 Å². The molecule has 0 radical (unpaired) electrons. The Kier molecular flexibility index (Phi) is 6.26. The average Bonchev–Trinajstić information content (AvgIpc) is 2.34.